The molecule has 4 rings (SSSR count). The molecule has 0 atom stereocenters. The number of aromatic hydroxyl groups is 1. The molecule has 8 heteroatoms. The van der Waals surface area contributed by atoms with Gasteiger partial charge in [0.05, 0.1) is 17.0 Å². The Kier molecular flexibility index (Phi) is 5.93. The molecule has 2 heterocycles. The second-order valence-corrected chi connectivity index (χ2v) is 6.76. The molecule has 0 aliphatic carbocycles. The molecule has 0 spiro atoms. The van der Waals surface area contributed by atoms with Crippen molar-refractivity contribution in [3.63, 3.8) is 0 Å². The Labute approximate surface area is 188 Å². The van der Waals surface area contributed by atoms with E-state index >= 15 is 0 Å². The second-order valence-electron chi connectivity index (χ2n) is 6.76. The third kappa shape index (κ3) is 3.85. The van der Waals surface area contributed by atoms with Crippen molar-refractivity contribution in [3.05, 3.63) is 65.9 Å². The maximum atomic E-state index is 14.4. The molecular formula is C21H19F2N4NaO. The minimum atomic E-state index is -0.708. The van der Waals surface area contributed by atoms with E-state index in [9.17, 15) is 13.9 Å². The van der Waals surface area contributed by atoms with Crippen LogP contribution < -0.4 is 4.90 Å². The van der Waals surface area contributed by atoms with E-state index in [1.165, 1.54) is 22.7 Å². The molecule has 29 heavy (non-hydrogen) atoms. The summed E-state index contributed by atoms with van der Waals surface area (Å²) >= 11 is 0. The van der Waals surface area contributed by atoms with Gasteiger partial charge in [-0.05, 0) is 31.2 Å². The van der Waals surface area contributed by atoms with Crippen LogP contribution in [0, 0.1) is 18.6 Å². The number of nitrogens with zero attached hydrogens (tertiary/aromatic N) is 4. The number of aryl methyl sites for hydroxylation is 1. The summed E-state index contributed by atoms with van der Waals surface area (Å²) in [5, 5.41) is 14.7. The van der Waals surface area contributed by atoms with Gasteiger partial charge in [-0.25, -0.2) is 13.8 Å². The van der Waals surface area contributed by atoms with Crippen LogP contribution in [0.15, 0.2) is 48.5 Å². The number of aromatic nitrogens is 3. The minimum absolute atomic E-state index is 0. The standard InChI is InChI=1S/C21H18F2N4O.Na.H/c1-12-20(16-9-6-14(22)10-17(16)23)21-24-18(11-19(28)27(21)25-12)13-4-7-15(8-5-13)26(2)3;;/h4-11,28H,1-3H3;;. The van der Waals surface area contributed by atoms with Crippen LogP contribution in [0.2, 0.25) is 0 Å². The summed E-state index contributed by atoms with van der Waals surface area (Å²) in [6.07, 6.45) is 0. The van der Waals surface area contributed by atoms with Gasteiger partial charge in [-0.1, -0.05) is 12.1 Å². The Balaban J connectivity index is 0.00000240. The van der Waals surface area contributed by atoms with Crippen molar-refractivity contribution < 1.29 is 13.9 Å². The van der Waals surface area contributed by atoms with Crippen LogP contribution in [0.25, 0.3) is 28.0 Å². The predicted molar refractivity (Wildman–Crippen MR) is 112 cm³/mol. The average Bonchev–Trinajstić information content (AvgIpc) is 2.98. The quantitative estimate of drug-likeness (QED) is 0.528. The monoisotopic (exact) mass is 404 g/mol. The first-order chi connectivity index (χ1) is 13.3. The molecule has 144 valence electrons. The van der Waals surface area contributed by atoms with Crippen molar-refractivity contribution in [2.75, 3.05) is 19.0 Å². The number of anilines is 1. The van der Waals surface area contributed by atoms with Gasteiger partial charge < -0.3 is 10.0 Å². The Morgan fingerprint density at radius 3 is 2.31 bits per heavy atom. The first-order valence-electron chi connectivity index (χ1n) is 8.67. The Morgan fingerprint density at radius 1 is 1.00 bits per heavy atom. The third-order valence-corrected chi connectivity index (χ3v) is 4.63. The SMILES string of the molecule is Cc1nn2c(O)cc(-c3ccc(N(C)C)cc3)nc2c1-c1ccc(F)cc1F.[NaH]. The molecule has 0 bridgehead atoms. The summed E-state index contributed by atoms with van der Waals surface area (Å²) in [5.74, 6) is -1.48. The van der Waals surface area contributed by atoms with Crippen molar-refractivity contribution in [2.45, 2.75) is 6.92 Å². The van der Waals surface area contributed by atoms with E-state index in [4.69, 9.17) is 0 Å². The van der Waals surface area contributed by atoms with E-state index in [2.05, 4.69) is 10.1 Å². The Morgan fingerprint density at radius 2 is 1.69 bits per heavy atom. The molecule has 4 aromatic rings. The number of benzene rings is 2. The zero-order valence-electron chi connectivity index (χ0n) is 15.6. The van der Waals surface area contributed by atoms with E-state index in [-0.39, 0.29) is 41.0 Å². The Hall–Kier alpha value is -2.48. The molecular weight excluding hydrogens is 385 g/mol. The zero-order chi connectivity index (χ0) is 20.0. The second kappa shape index (κ2) is 8.10. The van der Waals surface area contributed by atoms with Gasteiger partial charge in [-0.15, -0.1) is 0 Å². The zero-order valence-corrected chi connectivity index (χ0v) is 15.6. The van der Waals surface area contributed by atoms with Crippen molar-refractivity contribution >= 4 is 40.9 Å². The fraction of sp³-hybridized carbons (Fsp3) is 0.143. The van der Waals surface area contributed by atoms with Crippen LogP contribution in [-0.4, -0.2) is 63.4 Å². The van der Waals surface area contributed by atoms with Gasteiger partial charge in [-0.3, -0.25) is 0 Å². The van der Waals surface area contributed by atoms with Crippen LogP contribution in [0.5, 0.6) is 5.88 Å². The van der Waals surface area contributed by atoms with Gasteiger partial charge in [0.1, 0.15) is 11.6 Å². The normalized spacial score (nSPS) is 10.8. The summed E-state index contributed by atoms with van der Waals surface area (Å²) < 4.78 is 29.0. The van der Waals surface area contributed by atoms with Gasteiger partial charge in [0.15, 0.2) is 5.65 Å². The van der Waals surface area contributed by atoms with E-state index in [0.717, 1.165) is 17.3 Å². The molecule has 0 aliphatic rings. The molecule has 0 fully saturated rings. The molecule has 2 aromatic heterocycles. The fourth-order valence-electron chi connectivity index (χ4n) is 3.19. The first kappa shape index (κ1) is 21.2. The number of rotatable bonds is 3. The van der Waals surface area contributed by atoms with Crippen molar-refractivity contribution in [3.8, 4) is 28.3 Å². The molecule has 0 unspecified atom stereocenters. The van der Waals surface area contributed by atoms with Crippen molar-refractivity contribution in [2.24, 2.45) is 0 Å². The molecule has 5 nitrogen and oxygen atoms in total. The van der Waals surface area contributed by atoms with E-state index in [1.807, 2.05) is 43.3 Å². The van der Waals surface area contributed by atoms with Gasteiger partial charge in [0.2, 0.25) is 5.88 Å². The first-order valence-corrected chi connectivity index (χ1v) is 8.67. The summed E-state index contributed by atoms with van der Waals surface area (Å²) in [5.41, 5.74) is 3.73. The van der Waals surface area contributed by atoms with Crippen LogP contribution in [0.4, 0.5) is 14.5 Å². The predicted octanol–water partition coefficient (Wildman–Crippen LogP) is 3.77. The number of hydrogen-bond acceptors (Lipinski definition) is 4. The van der Waals surface area contributed by atoms with Gasteiger partial charge in [0.25, 0.3) is 0 Å². The molecule has 0 amide bonds. The van der Waals surface area contributed by atoms with E-state index in [1.54, 1.807) is 6.92 Å². The molecule has 0 saturated heterocycles. The third-order valence-electron chi connectivity index (χ3n) is 4.63. The number of hydrogen-bond donors (Lipinski definition) is 1. The fourth-order valence-corrected chi connectivity index (χ4v) is 3.19. The molecule has 0 saturated carbocycles. The van der Waals surface area contributed by atoms with Crippen molar-refractivity contribution in [1.29, 1.82) is 0 Å². The average molecular weight is 404 g/mol. The molecule has 2 aromatic carbocycles. The van der Waals surface area contributed by atoms with Gasteiger partial charge in [0, 0.05) is 43.0 Å². The van der Waals surface area contributed by atoms with Crippen molar-refractivity contribution in [1.82, 2.24) is 14.6 Å². The summed E-state index contributed by atoms with van der Waals surface area (Å²) in [6.45, 7) is 1.69. The van der Waals surface area contributed by atoms with Crippen LogP contribution >= 0.6 is 0 Å². The van der Waals surface area contributed by atoms with Crippen LogP contribution in [0.3, 0.4) is 0 Å². The maximum absolute atomic E-state index is 14.4. The number of halogens is 2. The molecule has 0 radical (unpaired) electrons. The summed E-state index contributed by atoms with van der Waals surface area (Å²) in [7, 11) is 3.90. The number of fused-ring (bicyclic) bond motifs is 1. The summed E-state index contributed by atoms with van der Waals surface area (Å²) in [6, 6.07) is 12.6. The van der Waals surface area contributed by atoms with E-state index < -0.39 is 11.6 Å². The van der Waals surface area contributed by atoms with E-state index in [0.29, 0.717) is 22.6 Å². The topological polar surface area (TPSA) is 53.7 Å². The molecule has 0 aliphatic heterocycles. The Bertz CT molecular complexity index is 1190. The van der Waals surface area contributed by atoms with Crippen LogP contribution in [0.1, 0.15) is 5.69 Å². The molecule has 1 N–H and O–H groups in total. The van der Waals surface area contributed by atoms with Gasteiger partial charge in [-0.2, -0.15) is 9.61 Å². The summed E-state index contributed by atoms with van der Waals surface area (Å²) in [4.78, 5) is 6.59. The van der Waals surface area contributed by atoms with Crippen LogP contribution in [-0.2, 0) is 0 Å². The van der Waals surface area contributed by atoms with Gasteiger partial charge >= 0.3 is 29.6 Å².